The lowest BCUT2D eigenvalue weighted by atomic mass is 10.1. The molecule has 1 aromatic heterocycles. The zero-order valence-corrected chi connectivity index (χ0v) is 12.5. The van der Waals surface area contributed by atoms with Crippen LogP contribution in [-0.2, 0) is 6.54 Å². The van der Waals surface area contributed by atoms with Crippen LogP contribution < -0.4 is 5.73 Å². The molecule has 2 aromatic rings. The molecule has 1 amide bonds. The Morgan fingerprint density at radius 2 is 2.05 bits per heavy atom. The van der Waals surface area contributed by atoms with Crippen molar-refractivity contribution in [2.24, 2.45) is 0 Å². The second-order valence-electron chi connectivity index (χ2n) is 4.08. The first kappa shape index (κ1) is 14.2. The van der Waals surface area contributed by atoms with Gasteiger partial charge in [0.05, 0.1) is 27.2 Å². The number of carbonyl (C=O) groups excluding carboxylic acids is 1. The molecule has 0 bridgehead atoms. The molecule has 19 heavy (non-hydrogen) atoms. The summed E-state index contributed by atoms with van der Waals surface area (Å²) < 4.78 is 0.706. The van der Waals surface area contributed by atoms with Crippen molar-refractivity contribution in [3.05, 3.63) is 50.1 Å². The van der Waals surface area contributed by atoms with E-state index in [0.29, 0.717) is 27.2 Å². The van der Waals surface area contributed by atoms with E-state index < -0.39 is 0 Å². The minimum atomic E-state index is -0.165. The van der Waals surface area contributed by atoms with Crippen molar-refractivity contribution in [3.8, 4) is 0 Å². The summed E-state index contributed by atoms with van der Waals surface area (Å²) in [5, 5.41) is 0.295. The molecule has 2 N–H and O–H groups in total. The number of rotatable bonds is 3. The Balaban J connectivity index is 2.17. The van der Waals surface area contributed by atoms with E-state index in [0.717, 1.165) is 4.88 Å². The monoisotopic (exact) mass is 314 g/mol. The molecule has 0 saturated carbocycles. The van der Waals surface area contributed by atoms with E-state index in [1.165, 1.54) is 11.3 Å². The number of carbonyl (C=O) groups is 1. The largest absolute Gasteiger partial charge is 0.398 e. The molecule has 0 fully saturated rings. The molecule has 0 spiro atoms. The van der Waals surface area contributed by atoms with E-state index in [-0.39, 0.29) is 5.91 Å². The lowest BCUT2D eigenvalue weighted by Crippen LogP contribution is -2.26. The van der Waals surface area contributed by atoms with Gasteiger partial charge in [-0.25, -0.2) is 0 Å². The Morgan fingerprint density at radius 1 is 1.32 bits per heavy atom. The minimum Gasteiger partial charge on any atom is -0.398 e. The van der Waals surface area contributed by atoms with E-state index in [1.54, 1.807) is 30.1 Å². The number of hydrogen-bond acceptors (Lipinski definition) is 3. The van der Waals surface area contributed by atoms with Crippen LogP contribution in [0.2, 0.25) is 9.36 Å². The zero-order chi connectivity index (χ0) is 14.0. The van der Waals surface area contributed by atoms with Crippen LogP contribution in [0.15, 0.2) is 30.3 Å². The van der Waals surface area contributed by atoms with Gasteiger partial charge in [0.15, 0.2) is 0 Å². The number of nitrogens with zero attached hydrogens (tertiary/aromatic N) is 1. The van der Waals surface area contributed by atoms with Gasteiger partial charge < -0.3 is 10.6 Å². The third-order valence-electron chi connectivity index (χ3n) is 2.63. The summed E-state index contributed by atoms with van der Waals surface area (Å²) in [5.41, 5.74) is 6.51. The smallest absolute Gasteiger partial charge is 0.255 e. The topological polar surface area (TPSA) is 46.3 Å². The van der Waals surface area contributed by atoms with Crippen molar-refractivity contribution >= 4 is 46.1 Å². The molecule has 0 radical (unpaired) electrons. The summed E-state index contributed by atoms with van der Waals surface area (Å²) in [4.78, 5) is 14.9. The van der Waals surface area contributed by atoms with Crippen molar-refractivity contribution in [2.75, 3.05) is 12.8 Å². The standard InChI is InChI=1S/C13H12Cl2N2OS/c1-17(7-8-5-6-11(14)19-8)13(18)9-3-2-4-10(16)12(9)15/h2-6H,7,16H2,1H3. The molecule has 0 unspecified atom stereocenters. The van der Waals surface area contributed by atoms with Crippen molar-refractivity contribution in [1.82, 2.24) is 4.90 Å². The van der Waals surface area contributed by atoms with Crippen LogP contribution >= 0.6 is 34.5 Å². The predicted molar refractivity (Wildman–Crippen MR) is 81.0 cm³/mol. The number of amides is 1. The number of nitrogen functional groups attached to an aromatic ring is 1. The van der Waals surface area contributed by atoms with Gasteiger partial charge >= 0.3 is 0 Å². The number of benzene rings is 1. The lowest BCUT2D eigenvalue weighted by molar-refractivity contribution is 0.0786. The Morgan fingerprint density at radius 3 is 2.68 bits per heavy atom. The fraction of sp³-hybridized carbons (Fsp3) is 0.154. The predicted octanol–water partition coefficient (Wildman–Crippen LogP) is 3.91. The maximum absolute atomic E-state index is 12.3. The van der Waals surface area contributed by atoms with Gasteiger partial charge in [-0.2, -0.15) is 0 Å². The van der Waals surface area contributed by atoms with Crippen LogP contribution in [0.25, 0.3) is 0 Å². The quantitative estimate of drug-likeness (QED) is 0.873. The molecule has 0 aliphatic rings. The van der Waals surface area contributed by atoms with Gasteiger partial charge in [-0.05, 0) is 24.3 Å². The molecule has 3 nitrogen and oxygen atoms in total. The number of hydrogen-bond donors (Lipinski definition) is 1. The maximum Gasteiger partial charge on any atom is 0.255 e. The van der Waals surface area contributed by atoms with Crippen molar-refractivity contribution in [1.29, 1.82) is 0 Å². The molecule has 1 aromatic carbocycles. The SMILES string of the molecule is CN(Cc1ccc(Cl)s1)C(=O)c1cccc(N)c1Cl. The van der Waals surface area contributed by atoms with Crippen molar-refractivity contribution < 1.29 is 4.79 Å². The van der Waals surface area contributed by atoms with Gasteiger partial charge in [0, 0.05) is 11.9 Å². The molecule has 100 valence electrons. The third-order valence-corrected chi connectivity index (χ3v) is 4.27. The number of nitrogens with two attached hydrogens (primary N) is 1. The summed E-state index contributed by atoms with van der Waals surface area (Å²) in [5.74, 6) is -0.165. The van der Waals surface area contributed by atoms with Crippen LogP contribution in [0.4, 0.5) is 5.69 Å². The fourth-order valence-corrected chi connectivity index (χ4v) is 3.01. The minimum absolute atomic E-state index is 0.165. The van der Waals surface area contributed by atoms with Crippen LogP contribution in [0.1, 0.15) is 15.2 Å². The van der Waals surface area contributed by atoms with Gasteiger partial charge in [0.2, 0.25) is 0 Å². The normalized spacial score (nSPS) is 10.5. The molecule has 2 rings (SSSR count). The Bertz CT molecular complexity index is 612. The average molecular weight is 315 g/mol. The average Bonchev–Trinajstić information content (AvgIpc) is 2.77. The second-order valence-corrected chi connectivity index (χ2v) is 6.25. The van der Waals surface area contributed by atoms with E-state index in [4.69, 9.17) is 28.9 Å². The van der Waals surface area contributed by atoms with Gasteiger partial charge in [-0.1, -0.05) is 29.3 Å². The fourth-order valence-electron chi connectivity index (χ4n) is 1.66. The number of anilines is 1. The summed E-state index contributed by atoms with van der Waals surface area (Å²) in [6, 6.07) is 8.76. The first-order valence-corrected chi connectivity index (χ1v) is 7.10. The molecular weight excluding hydrogens is 303 g/mol. The Hall–Kier alpha value is -1.23. The van der Waals surface area contributed by atoms with Gasteiger partial charge in [-0.3, -0.25) is 4.79 Å². The van der Waals surface area contributed by atoms with Gasteiger partial charge in [-0.15, -0.1) is 11.3 Å². The molecule has 0 saturated heterocycles. The van der Waals surface area contributed by atoms with Gasteiger partial charge in [0.1, 0.15) is 0 Å². The highest BCUT2D eigenvalue weighted by Gasteiger charge is 2.17. The molecule has 0 atom stereocenters. The molecule has 6 heteroatoms. The Kier molecular flexibility index (Phi) is 4.34. The first-order valence-electron chi connectivity index (χ1n) is 5.52. The van der Waals surface area contributed by atoms with Crippen LogP contribution in [0.5, 0.6) is 0 Å². The van der Waals surface area contributed by atoms with Crippen molar-refractivity contribution in [2.45, 2.75) is 6.54 Å². The highest BCUT2D eigenvalue weighted by Crippen LogP contribution is 2.26. The maximum atomic E-state index is 12.3. The molecule has 0 aliphatic heterocycles. The first-order chi connectivity index (χ1) is 8.99. The number of thiophene rings is 1. The Labute approximate surface area is 125 Å². The highest BCUT2D eigenvalue weighted by atomic mass is 35.5. The molecule has 0 aliphatic carbocycles. The van der Waals surface area contributed by atoms with Crippen LogP contribution in [0.3, 0.4) is 0 Å². The third kappa shape index (κ3) is 3.21. The summed E-state index contributed by atoms with van der Waals surface area (Å²) in [7, 11) is 1.72. The number of halogens is 2. The van der Waals surface area contributed by atoms with E-state index in [2.05, 4.69) is 0 Å². The van der Waals surface area contributed by atoms with Crippen molar-refractivity contribution in [3.63, 3.8) is 0 Å². The summed E-state index contributed by atoms with van der Waals surface area (Å²) in [6.07, 6.45) is 0. The summed E-state index contributed by atoms with van der Waals surface area (Å²) in [6.45, 7) is 0.487. The van der Waals surface area contributed by atoms with E-state index in [1.807, 2.05) is 12.1 Å². The lowest BCUT2D eigenvalue weighted by Gasteiger charge is -2.17. The summed E-state index contributed by atoms with van der Waals surface area (Å²) >= 11 is 13.4. The van der Waals surface area contributed by atoms with E-state index >= 15 is 0 Å². The van der Waals surface area contributed by atoms with Gasteiger partial charge in [0.25, 0.3) is 5.91 Å². The second kappa shape index (κ2) is 5.82. The van der Waals surface area contributed by atoms with Crippen LogP contribution in [0, 0.1) is 0 Å². The van der Waals surface area contributed by atoms with E-state index in [9.17, 15) is 4.79 Å². The highest BCUT2D eigenvalue weighted by molar-refractivity contribution is 7.16. The van der Waals surface area contributed by atoms with Crippen LogP contribution in [-0.4, -0.2) is 17.9 Å². The zero-order valence-electron chi connectivity index (χ0n) is 10.2. The molecule has 1 heterocycles. The molecular formula is C13H12Cl2N2OS.